The fourth-order valence-electron chi connectivity index (χ4n) is 2.78. The summed E-state index contributed by atoms with van der Waals surface area (Å²) < 4.78 is 5.52. The van der Waals surface area contributed by atoms with Crippen LogP contribution < -0.4 is 15.0 Å². The minimum absolute atomic E-state index is 0.0970. The van der Waals surface area contributed by atoms with E-state index in [0.717, 1.165) is 11.3 Å². The lowest BCUT2D eigenvalue weighted by atomic mass is 10.0. The summed E-state index contributed by atoms with van der Waals surface area (Å²) in [7, 11) is 3.96. The summed E-state index contributed by atoms with van der Waals surface area (Å²) in [5, 5.41) is 3.41. The minimum atomic E-state index is -0.215. The Morgan fingerprint density at radius 3 is 2.00 bits per heavy atom. The van der Waals surface area contributed by atoms with Crippen LogP contribution in [0.15, 0.2) is 72.8 Å². The molecule has 0 fully saturated rings. The Morgan fingerprint density at radius 2 is 1.43 bits per heavy atom. The third kappa shape index (κ3) is 5.84. The van der Waals surface area contributed by atoms with Crippen molar-refractivity contribution in [1.29, 1.82) is 0 Å². The largest absolute Gasteiger partial charge is 0.484 e. The van der Waals surface area contributed by atoms with Gasteiger partial charge in [0.15, 0.2) is 12.4 Å². The molecule has 6 heteroatoms. The summed E-state index contributed by atoms with van der Waals surface area (Å²) >= 11 is 5.86. The standard InChI is InChI=1S/C24H23ClN2O3/c1-27(2)21-11-3-17(4-12-21)15-26-23(28)16-30-22-13-7-19(8-14-22)24(29)18-5-9-20(25)10-6-18/h3-14H,15-16H2,1-2H3,(H,26,28). The van der Waals surface area contributed by atoms with Crippen LogP contribution in [-0.2, 0) is 11.3 Å². The molecule has 0 aliphatic carbocycles. The number of ketones is 1. The third-order valence-electron chi connectivity index (χ3n) is 4.54. The highest BCUT2D eigenvalue weighted by Gasteiger charge is 2.10. The van der Waals surface area contributed by atoms with E-state index in [-0.39, 0.29) is 18.3 Å². The highest BCUT2D eigenvalue weighted by molar-refractivity contribution is 6.30. The number of nitrogens with one attached hydrogen (secondary N) is 1. The van der Waals surface area contributed by atoms with Crippen molar-refractivity contribution in [3.05, 3.63) is 94.5 Å². The molecule has 0 aromatic heterocycles. The molecule has 30 heavy (non-hydrogen) atoms. The van der Waals surface area contributed by atoms with Gasteiger partial charge in [-0.05, 0) is 66.2 Å². The normalized spacial score (nSPS) is 10.4. The van der Waals surface area contributed by atoms with Crippen molar-refractivity contribution >= 4 is 29.0 Å². The first-order chi connectivity index (χ1) is 14.4. The van der Waals surface area contributed by atoms with Crippen molar-refractivity contribution in [3.8, 4) is 5.75 Å². The van der Waals surface area contributed by atoms with Crippen molar-refractivity contribution in [2.45, 2.75) is 6.54 Å². The maximum atomic E-state index is 12.5. The molecule has 1 amide bonds. The van der Waals surface area contributed by atoms with Crippen LogP contribution in [0.25, 0.3) is 0 Å². The molecule has 0 heterocycles. The van der Waals surface area contributed by atoms with Crippen molar-refractivity contribution in [2.24, 2.45) is 0 Å². The molecular formula is C24H23ClN2O3. The van der Waals surface area contributed by atoms with Crippen LogP contribution in [0.3, 0.4) is 0 Å². The molecule has 0 saturated heterocycles. The first kappa shape index (κ1) is 21.4. The van der Waals surface area contributed by atoms with Crippen LogP contribution >= 0.6 is 11.6 Å². The van der Waals surface area contributed by atoms with Gasteiger partial charge in [0.05, 0.1) is 0 Å². The lowest BCUT2D eigenvalue weighted by molar-refractivity contribution is -0.123. The summed E-state index contributed by atoms with van der Waals surface area (Å²) in [6.07, 6.45) is 0. The van der Waals surface area contributed by atoms with Gasteiger partial charge in [0.1, 0.15) is 5.75 Å². The molecule has 3 rings (SSSR count). The number of benzene rings is 3. The molecule has 0 radical (unpaired) electrons. The summed E-state index contributed by atoms with van der Waals surface area (Å²) in [6.45, 7) is 0.338. The van der Waals surface area contributed by atoms with E-state index in [1.54, 1.807) is 48.5 Å². The second-order valence-corrected chi connectivity index (χ2v) is 7.42. The first-order valence-corrected chi connectivity index (χ1v) is 9.86. The Kier molecular flexibility index (Phi) is 7.09. The molecule has 0 aliphatic heterocycles. The monoisotopic (exact) mass is 422 g/mol. The Bertz CT molecular complexity index is 998. The summed E-state index contributed by atoms with van der Waals surface area (Å²) in [4.78, 5) is 26.5. The van der Waals surface area contributed by atoms with Crippen molar-refractivity contribution in [1.82, 2.24) is 5.32 Å². The molecule has 3 aromatic rings. The highest BCUT2D eigenvalue weighted by Crippen LogP contribution is 2.17. The molecule has 0 spiro atoms. The van der Waals surface area contributed by atoms with Gasteiger partial charge in [-0.1, -0.05) is 23.7 Å². The fraction of sp³-hybridized carbons (Fsp3) is 0.167. The Morgan fingerprint density at radius 1 is 0.867 bits per heavy atom. The predicted octanol–water partition coefficient (Wildman–Crippen LogP) is 4.33. The van der Waals surface area contributed by atoms with Gasteiger partial charge in [0.2, 0.25) is 0 Å². The van der Waals surface area contributed by atoms with Crippen LogP contribution in [0.2, 0.25) is 5.02 Å². The molecule has 0 atom stereocenters. The van der Waals surface area contributed by atoms with Gasteiger partial charge in [0, 0.05) is 42.5 Å². The van der Waals surface area contributed by atoms with E-state index in [1.165, 1.54) is 0 Å². The number of amides is 1. The number of ether oxygens (including phenoxy) is 1. The number of hydrogen-bond donors (Lipinski definition) is 1. The Labute approximate surface area is 181 Å². The molecule has 0 saturated carbocycles. The topological polar surface area (TPSA) is 58.6 Å². The van der Waals surface area contributed by atoms with E-state index < -0.39 is 0 Å². The van der Waals surface area contributed by atoms with Gasteiger partial charge in [-0.2, -0.15) is 0 Å². The van der Waals surface area contributed by atoms with Gasteiger partial charge >= 0.3 is 0 Å². The molecule has 5 nitrogen and oxygen atoms in total. The Hall–Kier alpha value is -3.31. The third-order valence-corrected chi connectivity index (χ3v) is 4.79. The van der Waals surface area contributed by atoms with Crippen molar-refractivity contribution < 1.29 is 14.3 Å². The minimum Gasteiger partial charge on any atom is -0.484 e. The zero-order valence-corrected chi connectivity index (χ0v) is 17.6. The summed E-state index contributed by atoms with van der Waals surface area (Å²) in [6, 6.07) is 21.4. The number of hydrogen-bond acceptors (Lipinski definition) is 4. The molecular weight excluding hydrogens is 400 g/mol. The molecule has 3 aromatic carbocycles. The van der Waals surface area contributed by atoms with Crippen LogP contribution in [0, 0.1) is 0 Å². The van der Waals surface area contributed by atoms with Crippen LogP contribution in [0.1, 0.15) is 21.5 Å². The Balaban J connectivity index is 1.47. The number of carbonyl (C=O) groups is 2. The molecule has 1 N–H and O–H groups in total. The van der Waals surface area contributed by atoms with E-state index in [9.17, 15) is 9.59 Å². The van der Waals surface area contributed by atoms with Gasteiger partial charge in [-0.15, -0.1) is 0 Å². The highest BCUT2D eigenvalue weighted by atomic mass is 35.5. The number of nitrogens with zero attached hydrogens (tertiary/aromatic N) is 1. The number of carbonyl (C=O) groups excluding carboxylic acids is 2. The second kappa shape index (κ2) is 9.94. The van der Waals surface area contributed by atoms with Gasteiger partial charge < -0.3 is 15.0 Å². The SMILES string of the molecule is CN(C)c1ccc(CNC(=O)COc2ccc(C(=O)c3ccc(Cl)cc3)cc2)cc1. The van der Waals surface area contributed by atoms with E-state index in [4.69, 9.17) is 16.3 Å². The van der Waals surface area contributed by atoms with E-state index in [1.807, 2.05) is 43.3 Å². The maximum absolute atomic E-state index is 12.5. The average Bonchev–Trinajstić information content (AvgIpc) is 2.77. The van der Waals surface area contributed by atoms with Crippen LogP contribution in [0.5, 0.6) is 5.75 Å². The van der Waals surface area contributed by atoms with Crippen LogP contribution in [0.4, 0.5) is 5.69 Å². The predicted molar refractivity (Wildman–Crippen MR) is 119 cm³/mol. The summed E-state index contributed by atoms with van der Waals surface area (Å²) in [5.41, 5.74) is 3.21. The molecule has 154 valence electrons. The van der Waals surface area contributed by atoms with Crippen LogP contribution in [-0.4, -0.2) is 32.4 Å². The van der Waals surface area contributed by atoms with Gasteiger partial charge in [0.25, 0.3) is 5.91 Å². The molecule has 0 aliphatic rings. The van der Waals surface area contributed by atoms with E-state index in [2.05, 4.69) is 5.32 Å². The quantitative estimate of drug-likeness (QED) is 0.549. The van der Waals surface area contributed by atoms with E-state index in [0.29, 0.717) is 28.4 Å². The molecule has 0 unspecified atom stereocenters. The fourth-order valence-corrected chi connectivity index (χ4v) is 2.91. The lowest BCUT2D eigenvalue weighted by Gasteiger charge is -2.13. The van der Waals surface area contributed by atoms with E-state index >= 15 is 0 Å². The number of anilines is 1. The number of rotatable bonds is 8. The smallest absolute Gasteiger partial charge is 0.258 e. The zero-order valence-electron chi connectivity index (χ0n) is 16.9. The first-order valence-electron chi connectivity index (χ1n) is 9.48. The van der Waals surface area contributed by atoms with Gasteiger partial charge in [-0.25, -0.2) is 0 Å². The zero-order chi connectivity index (χ0) is 21.5. The second-order valence-electron chi connectivity index (χ2n) is 6.99. The van der Waals surface area contributed by atoms with Gasteiger partial charge in [-0.3, -0.25) is 9.59 Å². The van der Waals surface area contributed by atoms with Crippen molar-refractivity contribution in [3.63, 3.8) is 0 Å². The van der Waals surface area contributed by atoms with Crippen molar-refractivity contribution in [2.75, 3.05) is 25.6 Å². The lowest BCUT2D eigenvalue weighted by Crippen LogP contribution is -2.28. The summed E-state index contributed by atoms with van der Waals surface area (Å²) in [5.74, 6) is 0.206. The molecule has 0 bridgehead atoms. The average molecular weight is 423 g/mol. The maximum Gasteiger partial charge on any atom is 0.258 e. The number of halogens is 1.